The molecule has 34 heavy (non-hydrogen) atoms. The summed E-state index contributed by atoms with van der Waals surface area (Å²) in [4.78, 5) is 38.5. The maximum Gasteiger partial charge on any atom is 0.261 e. The van der Waals surface area contributed by atoms with E-state index >= 15 is 0 Å². The van der Waals surface area contributed by atoms with Crippen LogP contribution in [0.1, 0.15) is 53.3 Å². The Bertz CT molecular complexity index is 1360. The van der Waals surface area contributed by atoms with Crippen molar-refractivity contribution in [1.82, 2.24) is 15.2 Å². The maximum absolute atomic E-state index is 14.8. The van der Waals surface area contributed by atoms with E-state index in [0.717, 1.165) is 12.8 Å². The van der Waals surface area contributed by atoms with Crippen LogP contribution in [-0.4, -0.2) is 22.4 Å². The highest BCUT2D eigenvalue weighted by atomic mass is 19.1. The highest BCUT2D eigenvalue weighted by molar-refractivity contribution is 6.08. The first-order valence-corrected chi connectivity index (χ1v) is 11.5. The average molecular weight is 466 g/mol. The minimum atomic E-state index is -0.704. The Morgan fingerprint density at radius 1 is 1.15 bits per heavy atom. The van der Waals surface area contributed by atoms with Gasteiger partial charge in [0, 0.05) is 30.1 Å². The van der Waals surface area contributed by atoms with Gasteiger partial charge >= 0.3 is 0 Å². The molecule has 5 rings (SSSR count). The second-order valence-corrected chi connectivity index (χ2v) is 9.19. The predicted molar refractivity (Wildman–Crippen MR) is 123 cm³/mol. The number of pyridine rings is 1. The van der Waals surface area contributed by atoms with Gasteiger partial charge in [0.1, 0.15) is 11.6 Å². The molecule has 1 aromatic heterocycles. The number of nitrogens with zero attached hydrogens (tertiary/aromatic N) is 1. The molecule has 0 radical (unpaired) electrons. The molecule has 1 saturated carbocycles. The number of halogens is 2. The summed E-state index contributed by atoms with van der Waals surface area (Å²) in [5.74, 6) is -1.44. The number of amides is 2. The number of rotatable bonds is 6. The van der Waals surface area contributed by atoms with E-state index in [2.05, 4.69) is 10.6 Å². The second kappa shape index (κ2) is 8.66. The Morgan fingerprint density at radius 2 is 1.91 bits per heavy atom. The summed E-state index contributed by atoms with van der Waals surface area (Å²) in [7, 11) is 0. The number of hydrogen-bond donors (Lipinski definition) is 2. The van der Waals surface area contributed by atoms with Gasteiger partial charge in [0.15, 0.2) is 0 Å². The summed E-state index contributed by atoms with van der Waals surface area (Å²) < 4.78 is 30.1. The van der Waals surface area contributed by atoms with Crippen molar-refractivity contribution in [1.29, 1.82) is 0 Å². The van der Waals surface area contributed by atoms with Crippen LogP contribution >= 0.6 is 0 Å². The van der Waals surface area contributed by atoms with Crippen molar-refractivity contribution < 1.29 is 18.4 Å². The van der Waals surface area contributed by atoms with Crippen LogP contribution in [0.3, 0.4) is 0 Å². The summed E-state index contributed by atoms with van der Waals surface area (Å²) >= 11 is 0. The Balaban J connectivity index is 1.59. The topological polar surface area (TPSA) is 80.2 Å². The van der Waals surface area contributed by atoms with Crippen molar-refractivity contribution in [3.05, 3.63) is 81.3 Å². The lowest BCUT2D eigenvalue weighted by Crippen LogP contribution is -2.37. The largest absolute Gasteiger partial charge is 0.352 e. The number of benzene rings is 2. The summed E-state index contributed by atoms with van der Waals surface area (Å²) in [5.41, 5.74) is 0.745. The van der Waals surface area contributed by atoms with E-state index in [0.29, 0.717) is 24.1 Å². The molecular formula is C26H25F2N3O3. The molecule has 2 heterocycles. The van der Waals surface area contributed by atoms with E-state index in [9.17, 15) is 23.2 Å². The Hall–Kier alpha value is -3.55. The number of carbonyl (C=O) groups excluding carboxylic acids is 2. The van der Waals surface area contributed by atoms with Gasteiger partial charge in [-0.2, -0.15) is 0 Å². The highest BCUT2D eigenvalue weighted by Gasteiger charge is 2.35. The Labute approximate surface area is 195 Å². The summed E-state index contributed by atoms with van der Waals surface area (Å²) in [6.07, 6.45) is 2.75. The molecule has 2 amide bonds. The van der Waals surface area contributed by atoms with Crippen LogP contribution in [0.5, 0.6) is 0 Å². The molecule has 0 spiro atoms. The highest BCUT2D eigenvalue weighted by Crippen LogP contribution is 2.41. The third kappa shape index (κ3) is 4.08. The van der Waals surface area contributed by atoms with Crippen molar-refractivity contribution in [2.24, 2.45) is 5.92 Å². The molecule has 2 atom stereocenters. The van der Waals surface area contributed by atoms with Gasteiger partial charge in [0.2, 0.25) is 5.91 Å². The van der Waals surface area contributed by atoms with Gasteiger partial charge < -0.3 is 15.2 Å². The minimum absolute atomic E-state index is 0.0944. The maximum atomic E-state index is 14.8. The monoisotopic (exact) mass is 465 g/mol. The minimum Gasteiger partial charge on any atom is -0.352 e. The van der Waals surface area contributed by atoms with Crippen LogP contribution in [0.4, 0.5) is 8.78 Å². The number of fused-ring (bicyclic) bond motifs is 1. The van der Waals surface area contributed by atoms with Crippen molar-refractivity contribution in [3.63, 3.8) is 0 Å². The van der Waals surface area contributed by atoms with Gasteiger partial charge in [0.05, 0.1) is 17.0 Å². The Morgan fingerprint density at radius 3 is 2.59 bits per heavy atom. The quantitative estimate of drug-likeness (QED) is 0.582. The van der Waals surface area contributed by atoms with Gasteiger partial charge in [-0.25, -0.2) is 8.78 Å². The predicted octanol–water partition coefficient (Wildman–Crippen LogP) is 3.75. The van der Waals surface area contributed by atoms with Crippen LogP contribution in [0, 0.1) is 24.5 Å². The summed E-state index contributed by atoms with van der Waals surface area (Å²) in [6.45, 7) is 1.81. The fraction of sp³-hybridized carbons (Fsp3) is 0.346. The normalized spacial score (nSPS) is 18.7. The molecule has 0 bridgehead atoms. The standard InChI is InChI=1S/C26H25F2N3O3/c1-14-22(25(33)30-24(15-8-9-15)16-4-2-5-17(27)12-16)19-6-3-7-20(28)23(19)26(34)31(14)13-18-10-11-21(32)29-18/h2-7,12,15,18,24H,8-11,13H2,1H3,(H,29,32)(H,30,33)/t18-,24?/m0/s1. The van der Waals surface area contributed by atoms with E-state index in [1.54, 1.807) is 25.1 Å². The van der Waals surface area contributed by atoms with Crippen LogP contribution in [-0.2, 0) is 11.3 Å². The van der Waals surface area contributed by atoms with Gasteiger partial charge in [0.25, 0.3) is 11.5 Å². The molecular weight excluding hydrogens is 440 g/mol. The third-order valence-corrected chi connectivity index (χ3v) is 6.81. The molecule has 1 saturated heterocycles. The van der Waals surface area contributed by atoms with E-state index in [-0.39, 0.29) is 52.6 Å². The first-order valence-electron chi connectivity index (χ1n) is 11.5. The summed E-state index contributed by atoms with van der Waals surface area (Å²) in [6, 6.07) is 9.74. The van der Waals surface area contributed by atoms with Crippen LogP contribution in [0.25, 0.3) is 10.8 Å². The SMILES string of the molecule is Cc1c(C(=O)NC(c2cccc(F)c2)C2CC2)c2cccc(F)c2c(=O)n1C[C@@H]1CCC(=O)N1. The van der Waals surface area contributed by atoms with Gasteiger partial charge in [-0.3, -0.25) is 14.4 Å². The molecule has 1 aliphatic carbocycles. The van der Waals surface area contributed by atoms with E-state index in [1.807, 2.05) is 0 Å². The number of aromatic nitrogens is 1. The third-order valence-electron chi connectivity index (χ3n) is 6.81. The number of hydrogen-bond acceptors (Lipinski definition) is 3. The molecule has 3 aromatic rings. The molecule has 1 unspecified atom stereocenters. The fourth-order valence-electron chi connectivity index (χ4n) is 4.92. The van der Waals surface area contributed by atoms with Crippen molar-refractivity contribution in [3.8, 4) is 0 Å². The van der Waals surface area contributed by atoms with Crippen molar-refractivity contribution >= 4 is 22.6 Å². The van der Waals surface area contributed by atoms with Crippen LogP contribution in [0.15, 0.2) is 47.3 Å². The molecule has 2 aromatic carbocycles. The fourth-order valence-corrected chi connectivity index (χ4v) is 4.92. The number of carbonyl (C=O) groups is 2. The smallest absolute Gasteiger partial charge is 0.261 e. The zero-order valence-corrected chi connectivity index (χ0v) is 18.7. The van der Waals surface area contributed by atoms with Gasteiger partial charge in [-0.15, -0.1) is 0 Å². The van der Waals surface area contributed by atoms with E-state index < -0.39 is 17.3 Å². The van der Waals surface area contributed by atoms with Crippen LogP contribution < -0.4 is 16.2 Å². The zero-order valence-electron chi connectivity index (χ0n) is 18.7. The number of nitrogens with one attached hydrogen (secondary N) is 2. The van der Waals surface area contributed by atoms with Crippen LogP contribution in [0.2, 0.25) is 0 Å². The Kier molecular flexibility index (Phi) is 5.67. The van der Waals surface area contributed by atoms with Gasteiger partial charge in [-0.05, 0) is 55.9 Å². The lowest BCUT2D eigenvalue weighted by molar-refractivity contribution is -0.119. The van der Waals surface area contributed by atoms with Crippen molar-refractivity contribution in [2.75, 3.05) is 0 Å². The molecule has 2 aliphatic rings. The molecule has 176 valence electrons. The summed E-state index contributed by atoms with van der Waals surface area (Å²) in [5, 5.41) is 5.93. The van der Waals surface area contributed by atoms with E-state index in [1.165, 1.54) is 28.8 Å². The molecule has 8 heteroatoms. The van der Waals surface area contributed by atoms with Crippen molar-refractivity contribution in [2.45, 2.75) is 51.2 Å². The second-order valence-electron chi connectivity index (χ2n) is 9.19. The lowest BCUT2D eigenvalue weighted by Gasteiger charge is -2.23. The first-order chi connectivity index (χ1) is 16.3. The molecule has 2 N–H and O–H groups in total. The average Bonchev–Trinajstić information content (AvgIpc) is 3.56. The van der Waals surface area contributed by atoms with E-state index in [4.69, 9.17) is 0 Å². The van der Waals surface area contributed by atoms with Gasteiger partial charge in [-0.1, -0.05) is 24.3 Å². The lowest BCUT2D eigenvalue weighted by atomic mass is 9.99. The zero-order chi connectivity index (χ0) is 24.0. The molecule has 2 fully saturated rings. The molecule has 1 aliphatic heterocycles. The first kappa shape index (κ1) is 22.3. The molecule has 6 nitrogen and oxygen atoms in total.